The maximum absolute atomic E-state index is 11.4. The zero-order chi connectivity index (χ0) is 13.5. The fourth-order valence-corrected chi connectivity index (χ4v) is 1.47. The third-order valence-electron chi connectivity index (χ3n) is 2.27. The Kier molecular flexibility index (Phi) is 5.30. The molecule has 1 aromatic heterocycles. The van der Waals surface area contributed by atoms with Crippen LogP contribution in [0.3, 0.4) is 0 Å². The van der Waals surface area contributed by atoms with Crippen molar-refractivity contribution >= 4 is 11.9 Å². The van der Waals surface area contributed by atoms with Crippen LogP contribution in [0.4, 0.5) is 0 Å². The van der Waals surface area contributed by atoms with Gasteiger partial charge in [0.1, 0.15) is 6.10 Å². The maximum atomic E-state index is 11.4. The van der Waals surface area contributed by atoms with Crippen LogP contribution in [-0.4, -0.2) is 23.5 Å². The van der Waals surface area contributed by atoms with Crippen LogP contribution in [-0.2, 0) is 19.1 Å². The summed E-state index contributed by atoms with van der Waals surface area (Å²) in [5, 5.41) is 0. The lowest BCUT2D eigenvalue weighted by molar-refractivity contribution is -0.153. The molecule has 0 aliphatic rings. The molecule has 0 spiro atoms. The average Bonchev–Trinajstić information content (AvgIpc) is 2.28. The van der Waals surface area contributed by atoms with E-state index < -0.39 is 18.0 Å². The van der Waals surface area contributed by atoms with Gasteiger partial charge < -0.3 is 9.47 Å². The lowest BCUT2D eigenvalue weighted by Gasteiger charge is -2.16. The Morgan fingerprint density at radius 3 is 2.61 bits per heavy atom. The molecule has 0 aliphatic heterocycles. The van der Waals surface area contributed by atoms with Gasteiger partial charge in [0.2, 0.25) is 0 Å². The second kappa shape index (κ2) is 6.74. The van der Waals surface area contributed by atoms with E-state index in [1.54, 1.807) is 25.3 Å². The van der Waals surface area contributed by atoms with Gasteiger partial charge in [0.05, 0.1) is 13.0 Å². The van der Waals surface area contributed by atoms with Crippen molar-refractivity contribution < 1.29 is 19.1 Å². The van der Waals surface area contributed by atoms with Crippen molar-refractivity contribution in [2.75, 3.05) is 6.61 Å². The van der Waals surface area contributed by atoms with E-state index in [0.717, 1.165) is 5.69 Å². The molecular weight excluding hydrogens is 234 g/mol. The van der Waals surface area contributed by atoms with Crippen LogP contribution in [0.5, 0.6) is 0 Å². The van der Waals surface area contributed by atoms with E-state index in [0.29, 0.717) is 12.2 Å². The van der Waals surface area contributed by atoms with Gasteiger partial charge in [0, 0.05) is 24.4 Å². The summed E-state index contributed by atoms with van der Waals surface area (Å²) >= 11 is 0. The Bertz CT molecular complexity index is 414. The summed E-state index contributed by atoms with van der Waals surface area (Å²) in [7, 11) is 0. The van der Waals surface area contributed by atoms with Crippen LogP contribution in [0.15, 0.2) is 18.3 Å². The molecule has 0 aromatic carbocycles. The van der Waals surface area contributed by atoms with Gasteiger partial charge in [-0.25, -0.2) is 0 Å². The fourth-order valence-electron chi connectivity index (χ4n) is 1.47. The molecule has 0 bridgehead atoms. The largest absolute Gasteiger partial charge is 0.466 e. The summed E-state index contributed by atoms with van der Waals surface area (Å²) in [6, 6.07) is 3.59. The SMILES string of the molecule is CCOC(=O)CC(OC(C)=O)c1ccc(C)nc1. The first kappa shape index (κ1) is 14.2. The maximum Gasteiger partial charge on any atom is 0.309 e. The number of carbonyl (C=O) groups is 2. The number of ether oxygens (including phenoxy) is 2. The summed E-state index contributed by atoms with van der Waals surface area (Å²) in [5.74, 6) is -0.839. The highest BCUT2D eigenvalue weighted by atomic mass is 16.6. The molecular formula is C13H17NO4. The van der Waals surface area contributed by atoms with Crippen molar-refractivity contribution in [1.82, 2.24) is 4.98 Å². The second-order valence-corrected chi connectivity index (χ2v) is 3.84. The van der Waals surface area contributed by atoms with Crippen LogP contribution < -0.4 is 0 Å². The van der Waals surface area contributed by atoms with Gasteiger partial charge in [-0.15, -0.1) is 0 Å². The van der Waals surface area contributed by atoms with Crippen LogP contribution in [0, 0.1) is 6.92 Å². The number of aromatic nitrogens is 1. The number of carbonyl (C=O) groups excluding carboxylic acids is 2. The van der Waals surface area contributed by atoms with E-state index >= 15 is 0 Å². The standard InChI is InChI=1S/C13H17NO4/c1-4-17-13(16)7-12(18-10(3)15)11-6-5-9(2)14-8-11/h5-6,8,12H,4,7H2,1-3H3. The van der Waals surface area contributed by atoms with E-state index in [2.05, 4.69) is 4.98 Å². The van der Waals surface area contributed by atoms with E-state index in [4.69, 9.17) is 9.47 Å². The highest BCUT2D eigenvalue weighted by molar-refractivity contribution is 5.71. The summed E-state index contributed by atoms with van der Waals surface area (Å²) in [6.45, 7) is 5.19. The third kappa shape index (κ3) is 4.53. The molecule has 5 nitrogen and oxygen atoms in total. The van der Waals surface area contributed by atoms with E-state index in [-0.39, 0.29) is 6.42 Å². The van der Waals surface area contributed by atoms with Crippen LogP contribution in [0.2, 0.25) is 0 Å². The van der Waals surface area contributed by atoms with Crippen LogP contribution in [0.1, 0.15) is 37.6 Å². The number of pyridine rings is 1. The molecule has 1 unspecified atom stereocenters. The Balaban J connectivity index is 2.80. The van der Waals surface area contributed by atoms with Gasteiger partial charge in [-0.2, -0.15) is 0 Å². The molecule has 1 aromatic rings. The third-order valence-corrected chi connectivity index (χ3v) is 2.27. The summed E-state index contributed by atoms with van der Waals surface area (Å²) in [6.07, 6.45) is 0.954. The Hall–Kier alpha value is -1.91. The summed E-state index contributed by atoms with van der Waals surface area (Å²) in [5.41, 5.74) is 1.54. The molecule has 0 amide bonds. The fraction of sp³-hybridized carbons (Fsp3) is 0.462. The monoisotopic (exact) mass is 251 g/mol. The summed E-state index contributed by atoms with van der Waals surface area (Å²) < 4.78 is 9.96. The average molecular weight is 251 g/mol. The second-order valence-electron chi connectivity index (χ2n) is 3.84. The Morgan fingerprint density at radius 2 is 2.11 bits per heavy atom. The highest BCUT2D eigenvalue weighted by Gasteiger charge is 2.20. The minimum absolute atomic E-state index is 0.00182. The molecule has 0 saturated carbocycles. The first-order valence-corrected chi connectivity index (χ1v) is 5.78. The number of nitrogens with zero attached hydrogens (tertiary/aromatic N) is 1. The number of esters is 2. The molecule has 0 radical (unpaired) electrons. The lowest BCUT2D eigenvalue weighted by atomic mass is 10.1. The van der Waals surface area contributed by atoms with Crippen molar-refractivity contribution in [3.05, 3.63) is 29.6 Å². The zero-order valence-corrected chi connectivity index (χ0v) is 10.8. The normalized spacial score (nSPS) is 11.7. The minimum atomic E-state index is -0.644. The van der Waals surface area contributed by atoms with Crippen LogP contribution >= 0.6 is 0 Å². The van der Waals surface area contributed by atoms with Crippen molar-refractivity contribution in [2.45, 2.75) is 33.3 Å². The molecule has 0 aliphatic carbocycles. The van der Waals surface area contributed by atoms with Crippen molar-refractivity contribution in [3.8, 4) is 0 Å². The molecule has 0 N–H and O–H groups in total. The predicted molar refractivity (Wildman–Crippen MR) is 64.7 cm³/mol. The first-order chi connectivity index (χ1) is 8.52. The smallest absolute Gasteiger partial charge is 0.309 e. The molecule has 5 heteroatoms. The van der Waals surface area contributed by atoms with Crippen LogP contribution in [0.25, 0.3) is 0 Å². The lowest BCUT2D eigenvalue weighted by Crippen LogP contribution is -2.15. The molecule has 0 saturated heterocycles. The van der Waals surface area contributed by atoms with E-state index in [1.165, 1.54) is 6.92 Å². The molecule has 0 fully saturated rings. The predicted octanol–water partition coefficient (Wildman–Crippen LogP) is 1.95. The topological polar surface area (TPSA) is 65.5 Å². The van der Waals surface area contributed by atoms with E-state index in [9.17, 15) is 9.59 Å². The molecule has 18 heavy (non-hydrogen) atoms. The summed E-state index contributed by atoms with van der Waals surface area (Å²) in [4.78, 5) is 26.6. The highest BCUT2D eigenvalue weighted by Crippen LogP contribution is 2.21. The molecule has 98 valence electrons. The number of hydrogen-bond acceptors (Lipinski definition) is 5. The van der Waals surface area contributed by atoms with Crippen molar-refractivity contribution in [2.24, 2.45) is 0 Å². The number of aryl methyl sites for hydroxylation is 1. The zero-order valence-electron chi connectivity index (χ0n) is 10.8. The van der Waals surface area contributed by atoms with Crippen molar-refractivity contribution in [3.63, 3.8) is 0 Å². The van der Waals surface area contributed by atoms with Gasteiger partial charge in [-0.1, -0.05) is 6.07 Å². The molecule has 1 rings (SSSR count). The van der Waals surface area contributed by atoms with Gasteiger partial charge in [0.15, 0.2) is 0 Å². The molecule has 1 atom stereocenters. The van der Waals surface area contributed by atoms with Gasteiger partial charge in [-0.05, 0) is 19.9 Å². The first-order valence-electron chi connectivity index (χ1n) is 5.78. The van der Waals surface area contributed by atoms with Crippen molar-refractivity contribution in [1.29, 1.82) is 0 Å². The molecule has 1 heterocycles. The Morgan fingerprint density at radius 1 is 1.39 bits per heavy atom. The van der Waals surface area contributed by atoms with Gasteiger partial charge in [0.25, 0.3) is 0 Å². The number of rotatable bonds is 5. The van der Waals surface area contributed by atoms with E-state index in [1.807, 2.05) is 6.92 Å². The number of hydrogen-bond donors (Lipinski definition) is 0. The van der Waals surface area contributed by atoms with Gasteiger partial charge in [-0.3, -0.25) is 14.6 Å². The van der Waals surface area contributed by atoms with Gasteiger partial charge >= 0.3 is 11.9 Å². The minimum Gasteiger partial charge on any atom is -0.466 e. The quantitative estimate of drug-likeness (QED) is 0.748. The Labute approximate surface area is 106 Å².